The number of nitrogens with one attached hydrogen (secondary N) is 1. The van der Waals surface area contributed by atoms with Crippen molar-refractivity contribution in [2.75, 3.05) is 0 Å². The number of hydrogen-bond donors (Lipinski definition) is 1. The molecule has 0 spiro atoms. The average Bonchev–Trinajstić information content (AvgIpc) is 2.23. The van der Waals surface area contributed by atoms with Crippen LogP contribution in [0.3, 0.4) is 0 Å². The van der Waals surface area contributed by atoms with Gasteiger partial charge in [0, 0.05) is 0 Å². The van der Waals surface area contributed by atoms with Crippen molar-refractivity contribution >= 4 is 29.6 Å². The molecule has 0 aromatic carbocycles. The van der Waals surface area contributed by atoms with Gasteiger partial charge < -0.3 is 17.9 Å². The number of carbonyl (C=O) groups is 2. The Morgan fingerprint density at radius 3 is 2.61 bits per heavy atom. The smallest absolute Gasteiger partial charge is 0.742 e. The maximum Gasteiger partial charge on any atom is 1.00 e. The standard InChI is InChI=1S/C12H18N2O2S.Na/c1-4-6-8(3)12(7-5-2)9(15)13-11(17)14-10(12)16;/h5,8H,2,4,6-7H2,1,3H3,(H2,13,14,15,16,17);/q;+1/p-1. The zero-order valence-corrected chi connectivity index (χ0v) is 14.0. The number of hydrogen-bond acceptors (Lipinski definition) is 3. The fourth-order valence-electron chi connectivity index (χ4n) is 2.25. The van der Waals surface area contributed by atoms with E-state index in [1.165, 1.54) is 0 Å². The van der Waals surface area contributed by atoms with E-state index in [1.54, 1.807) is 6.08 Å². The minimum atomic E-state index is -1.12. The van der Waals surface area contributed by atoms with Crippen LogP contribution in [0.2, 0.25) is 0 Å². The van der Waals surface area contributed by atoms with E-state index < -0.39 is 11.3 Å². The topological polar surface area (TPSA) is 58.5 Å². The summed E-state index contributed by atoms with van der Waals surface area (Å²) in [6.45, 7) is 7.54. The normalized spacial score (nSPS) is 24.7. The first-order valence-corrected chi connectivity index (χ1v) is 6.12. The first-order chi connectivity index (χ1) is 7.98. The quantitative estimate of drug-likeness (QED) is 0.289. The van der Waals surface area contributed by atoms with Crippen LogP contribution in [0.4, 0.5) is 0 Å². The van der Waals surface area contributed by atoms with Gasteiger partial charge in [-0.3, -0.25) is 9.59 Å². The van der Waals surface area contributed by atoms with E-state index in [9.17, 15) is 9.59 Å². The van der Waals surface area contributed by atoms with Crippen LogP contribution in [0, 0.1) is 11.3 Å². The molecule has 0 aromatic heterocycles. The number of carbonyl (C=O) groups excluding carboxylic acids is 2. The summed E-state index contributed by atoms with van der Waals surface area (Å²) < 4.78 is 0. The molecule has 1 aliphatic heterocycles. The number of amides is 2. The number of allylic oxidation sites excluding steroid dienone is 1. The van der Waals surface area contributed by atoms with Gasteiger partial charge in [-0.1, -0.05) is 26.3 Å². The molecule has 0 saturated heterocycles. The van der Waals surface area contributed by atoms with Gasteiger partial charge in [-0.15, -0.1) is 6.58 Å². The van der Waals surface area contributed by atoms with Gasteiger partial charge in [0.15, 0.2) is 0 Å². The number of amidine groups is 1. The first kappa shape index (κ1) is 17.8. The van der Waals surface area contributed by atoms with Crippen molar-refractivity contribution in [3.05, 3.63) is 12.7 Å². The predicted molar refractivity (Wildman–Crippen MR) is 69.3 cm³/mol. The molecule has 2 unspecified atom stereocenters. The monoisotopic (exact) mass is 276 g/mol. The van der Waals surface area contributed by atoms with E-state index in [4.69, 9.17) is 12.6 Å². The number of aliphatic imine (C=N–C) groups is 1. The summed E-state index contributed by atoms with van der Waals surface area (Å²) in [6, 6.07) is 0. The Kier molecular flexibility index (Phi) is 7.29. The molecule has 0 radical (unpaired) electrons. The van der Waals surface area contributed by atoms with Crippen LogP contribution in [0.1, 0.15) is 33.1 Å². The summed E-state index contributed by atoms with van der Waals surface area (Å²) >= 11 is 4.75. The van der Waals surface area contributed by atoms with E-state index >= 15 is 0 Å². The van der Waals surface area contributed by atoms with Crippen molar-refractivity contribution in [1.29, 1.82) is 0 Å². The molecule has 0 saturated carbocycles. The van der Waals surface area contributed by atoms with Gasteiger partial charge >= 0.3 is 29.6 Å². The van der Waals surface area contributed by atoms with Crippen LogP contribution in [0.15, 0.2) is 17.6 Å². The summed E-state index contributed by atoms with van der Waals surface area (Å²) in [5, 5.41) is 2.44. The molecular formula is C12H17N2NaO2S. The molecule has 1 N–H and O–H groups in total. The van der Waals surface area contributed by atoms with Gasteiger partial charge in [0.2, 0.25) is 5.91 Å². The molecule has 0 aliphatic carbocycles. The predicted octanol–water partition coefficient (Wildman–Crippen LogP) is -1.45. The van der Waals surface area contributed by atoms with Gasteiger partial charge in [0.1, 0.15) is 5.41 Å². The van der Waals surface area contributed by atoms with Crippen LogP contribution in [-0.2, 0) is 22.2 Å². The Hall–Kier alpha value is -0.230. The van der Waals surface area contributed by atoms with Crippen LogP contribution in [0.25, 0.3) is 0 Å². The molecule has 4 nitrogen and oxygen atoms in total. The van der Waals surface area contributed by atoms with Crippen LogP contribution >= 0.6 is 0 Å². The molecular weight excluding hydrogens is 259 g/mol. The van der Waals surface area contributed by atoms with Crippen molar-refractivity contribution in [3.63, 3.8) is 0 Å². The summed E-state index contributed by atoms with van der Waals surface area (Å²) in [5.74, 6) is -0.861. The third-order valence-electron chi connectivity index (χ3n) is 3.24. The number of nitrogens with zero attached hydrogens (tertiary/aromatic N) is 1. The van der Waals surface area contributed by atoms with Crippen molar-refractivity contribution in [3.8, 4) is 0 Å². The van der Waals surface area contributed by atoms with Crippen molar-refractivity contribution in [1.82, 2.24) is 5.32 Å². The molecule has 1 rings (SSSR count). The van der Waals surface area contributed by atoms with Crippen LogP contribution in [0.5, 0.6) is 0 Å². The van der Waals surface area contributed by atoms with Gasteiger partial charge in [0.25, 0.3) is 5.91 Å². The maximum atomic E-state index is 12.1. The Labute approximate surface area is 135 Å². The third kappa shape index (κ3) is 3.20. The van der Waals surface area contributed by atoms with E-state index in [0.29, 0.717) is 6.42 Å². The SMILES string of the molecule is C=CCC1(C(C)CCC)C(=O)N=C([S-])NC1=O.[Na+]. The molecule has 94 valence electrons. The zero-order valence-electron chi connectivity index (χ0n) is 11.2. The maximum absolute atomic E-state index is 12.1. The molecule has 18 heavy (non-hydrogen) atoms. The number of rotatable bonds is 5. The minimum absolute atomic E-state index is 0. The van der Waals surface area contributed by atoms with Crippen molar-refractivity contribution in [2.24, 2.45) is 16.3 Å². The average molecular weight is 276 g/mol. The molecule has 1 heterocycles. The second-order valence-corrected chi connectivity index (χ2v) is 4.72. The van der Waals surface area contributed by atoms with Gasteiger partial charge in [-0.2, -0.15) is 0 Å². The Balaban J connectivity index is 0.00000289. The Morgan fingerprint density at radius 1 is 1.56 bits per heavy atom. The van der Waals surface area contributed by atoms with Crippen molar-refractivity contribution in [2.45, 2.75) is 33.1 Å². The molecule has 0 bridgehead atoms. The van der Waals surface area contributed by atoms with Gasteiger partial charge in [0.05, 0.1) is 0 Å². The van der Waals surface area contributed by atoms with E-state index in [0.717, 1.165) is 12.8 Å². The zero-order chi connectivity index (χ0) is 13.1. The third-order valence-corrected chi connectivity index (χ3v) is 3.43. The van der Waals surface area contributed by atoms with Crippen LogP contribution < -0.4 is 34.9 Å². The van der Waals surface area contributed by atoms with E-state index in [1.807, 2.05) is 13.8 Å². The molecule has 2 amide bonds. The van der Waals surface area contributed by atoms with E-state index in [2.05, 4.69) is 16.9 Å². The summed E-state index contributed by atoms with van der Waals surface area (Å²) in [7, 11) is 0. The fourth-order valence-corrected chi connectivity index (χ4v) is 2.42. The van der Waals surface area contributed by atoms with Crippen LogP contribution in [-0.4, -0.2) is 17.0 Å². The summed E-state index contributed by atoms with van der Waals surface area (Å²) in [5.41, 5.74) is -1.12. The molecule has 6 heteroatoms. The Bertz CT molecular complexity index is 384. The summed E-state index contributed by atoms with van der Waals surface area (Å²) in [6.07, 6.45) is 3.58. The molecule has 2 atom stereocenters. The van der Waals surface area contributed by atoms with Crippen molar-refractivity contribution < 1.29 is 39.1 Å². The largest absolute Gasteiger partial charge is 1.00 e. The fraction of sp³-hybridized carbons (Fsp3) is 0.583. The van der Waals surface area contributed by atoms with Gasteiger partial charge in [-0.05, 0) is 23.9 Å². The summed E-state index contributed by atoms with van der Waals surface area (Å²) in [4.78, 5) is 27.9. The minimum Gasteiger partial charge on any atom is -0.742 e. The molecule has 1 aliphatic rings. The molecule has 0 fully saturated rings. The second-order valence-electron chi connectivity index (χ2n) is 4.33. The first-order valence-electron chi connectivity index (χ1n) is 5.71. The Morgan fingerprint density at radius 2 is 2.17 bits per heavy atom. The van der Waals surface area contributed by atoms with Gasteiger partial charge in [-0.25, -0.2) is 4.99 Å². The van der Waals surface area contributed by atoms with E-state index in [-0.39, 0.29) is 46.6 Å². The second kappa shape index (κ2) is 7.38. The molecule has 0 aromatic rings.